The van der Waals surface area contributed by atoms with E-state index < -0.39 is 0 Å². The van der Waals surface area contributed by atoms with Gasteiger partial charge in [-0.15, -0.1) is 0 Å². The Labute approximate surface area is 179 Å². The third-order valence-electron chi connectivity index (χ3n) is 5.31. The summed E-state index contributed by atoms with van der Waals surface area (Å²) in [6, 6.07) is 17.4. The van der Waals surface area contributed by atoms with E-state index in [-0.39, 0.29) is 11.6 Å². The van der Waals surface area contributed by atoms with Crippen LogP contribution in [0.2, 0.25) is 0 Å². The Morgan fingerprint density at radius 1 is 1.06 bits per heavy atom. The van der Waals surface area contributed by atoms with Gasteiger partial charge in [-0.25, -0.2) is 0 Å². The van der Waals surface area contributed by atoms with Crippen LogP contribution in [-0.4, -0.2) is 28.6 Å². The second kappa shape index (κ2) is 8.10. The minimum Gasteiger partial charge on any atom is -0.493 e. The molecule has 5 rings (SSSR count). The average molecular weight is 414 g/mol. The van der Waals surface area contributed by atoms with Crippen molar-refractivity contribution in [3.8, 4) is 17.5 Å². The summed E-state index contributed by atoms with van der Waals surface area (Å²) in [5.41, 5.74) is 2.26. The lowest BCUT2D eigenvalue weighted by molar-refractivity contribution is 0.300. The molecule has 1 aliphatic rings. The van der Waals surface area contributed by atoms with Gasteiger partial charge >= 0.3 is 6.01 Å². The van der Waals surface area contributed by atoms with Crippen LogP contribution >= 0.6 is 0 Å². The third kappa shape index (κ3) is 4.35. The molecule has 1 aliphatic carbocycles. The molecule has 0 spiro atoms. The van der Waals surface area contributed by atoms with E-state index in [0.29, 0.717) is 16.7 Å². The summed E-state index contributed by atoms with van der Waals surface area (Å²) in [7, 11) is 2.01. The molecule has 1 fully saturated rings. The van der Waals surface area contributed by atoms with Crippen molar-refractivity contribution in [2.75, 3.05) is 18.6 Å². The van der Waals surface area contributed by atoms with E-state index in [1.807, 2.05) is 55.6 Å². The first-order valence-electron chi connectivity index (χ1n) is 10.2. The van der Waals surface area contributed by atoms with Gasteiger partial charge in [0, 0.05) is 30.7 Å². The van der Waals surface area contributed by atoms with E-state index in [1.54, 1.807) is 12.3 Å². The molecule has 1 saturated carbocycles. The standard InChI is InChI=1S/C24H22N4O3/c1-28(18-3-2-4-20(13-18)30-15-16-5-6-16)17-7-9-19(10-8-17)31-24-26-22-14-25-12-11-21(22)23(29)27-24/h2-4,7-14,16H,5-6,15H2,1H3,(H,26,27,29). The van der Waals surface area contributed by atoms with Crippen LogP contribution in [0.15, 0.2) is 71.8 Å². The van der Waals surface area contributed by atoms with Crippen LogP contribution in [0.25, 0.3) is 10.9 Å². The van der Waals surface area contributed by atoms with Gasteiger partial charge in [0.1, 0.15) is 11.5 Å². The van der Waals surface area contributed by atoms with Gasteiger partial charge < -0.3 is 14.4 Å². The summed E-state index contributed by atoms with van der Waals surface area (Å²) >= 11 is 0. The number of fused-ring (bicyclic) bond motifs is 1. The molecule has 2 aromatic heterocycles. The quantitative estimate of drug-likeness (QED) is 0.473. The maximum Gasteiger partial charge on any atom is 0.302 e. The van der Waals surface area contributed by atoms with Crippen LogP contribution in [0.3, 0.4) is 0 Å². The molecular formula is C24H22N4O3. The highest BCUT2D eigenvalue weighted by molar-refractivity contribution is 5.76. The zero-order valence-corrected chi connectivity index (χ0v) is 17.1. The molecule has 0 aliphatic heterocycles. The fraction of sp³-hybridized carbons (Fsp3) is 0.208. The largest absolute Gasteiger partial charge is 0.493 e. The maximum absolute atomic E-state index is 12.2. The van der Waals surface area contributed by atoms with Crippen LogP contribution in [-0.2, 0) is 0 Å². The van der Waals surface area contributed by atoms with Crippen LogP contribution in [0.1, 0.15) is 12.8 Å². The van der Waals surface area contributed by atoms with Crippen molar-refractivity contribution in [2.24, 2.45) is 5.92 Å². The summed E-state index contributed by atoms with van der Waals surface area (Å²) in [5.74, 6) is 2.18. The molecular weight excluding hydrogens is 392 g/mol. The monoisotopic (exact) mass is 414 g/mol. The van der Waals surface area contributed by atoms with E-state index in [1.165, 1.54) is 19.0 Å². The number of rotatable bonds is 7. The third-order valence-corrected chi connectivity index (χ3v) is 5.31. The molecule has 0 saturated heterocycles. The minimum absolute atomic E-state index is 0.132. The molecule has 4 aromatic rings. The molecule has 0 bridgehead atoms. The first-order valence-corrected chi connectivity index (χ1v) is 10.2. The Balaban J connectivity index is 1.30. The number of ether oxygens (including phenoxy) is 2. The fourth-order valence-corrected chi connectivity index (χ4v) is 3.30. The van der Waals surface area contributed by atoms with Gasteiger partial charge in [0.25, 0.3) is 5.56 Å². The number of hydrogen-bond acceptors (Lipinski definition) is 6. The van der Waals surface area contributed by atoms with Gasteiger partial charge in [0.05, 0.1) is 23.7 Å². The summed E-state index contributed by atoms with van der Waals surface area (Å²) in [4.78, 5) is 25.2. The highest BCUT2D eigenvalue weighted by Crippen LogP contribution is 2.32. The van der Waals surface area contributed by atoms with E-state index in [2.05, 4.69) is 19.9 Å². The average Bonchev–Trinajstić information content (AvgIpc) is 3.63. The highest BCUT2D eigenvalue weighted by atomic mass is 16.5. The zero-order chi connectivity index (χ0) is 21.2. The van der Waals surface area contributed by atoms with Gasteiger partial charge in [0.15, 0.2) is 0 Å². The topological polar surface area (TPSA) is 80.3 Å². The van der Waals surface area contributed by atoms with Crippen molar-refractivity contribution in [1.29, 1.82) is 0 Å². The number of benzene rings is 2. The van der Waals surface area contributed by atoms with Crippen molar-refractivity contribution in [3.05, 3.63) is 77.3 Å². The fourth-order valence-electron chi connectivity index (χ4n) is 3.30. The number of nitrogens with zero attached hydrogens (tertiary/aromatic N) is 3. The van der Waals surface area contributed by atoms with Crippen molar-refractivity contribution in [2.45, 2.75) is 12.8 Å². The second-order valence-electron chi connectivity index (χ2n) is 7.67. The van der Waals surface area contributed by atoms with Crippen LogP contribution in [0, 0.1) is 5.92 Å². The van der Waals surface area contributed by atoms with Crippen molar-refractivity contribution in [1.82, 2.24) is 15.0 Å². The molecule has 31 heavy (non-hydrogen) atoms. The summed E-state index contributed by atoms with van der Waals surface area (Å²) in [6.45, 7) is 0.792. The lowest BCUT2D eigenvalue weighted by atomic mass is 10.2. The Kier molecular flexibility index (Phi) is 5.00. The van der Waals surface area contributed by atoms with Gasteiger partial charge in [-0.3, -0.25) is 14.8 Å². The predicted molar refractivity (Wildman–Crippen MR) is 119 cm³/mol. The van der Waals surface area contributed by atoms with Crippen LogP contribution < -0.4 is 19.9 Å². The normalized spacial score (nSPS) is 13.2. The molecule has 7 nitrogen and oxygen atoms in total. The zero-order valence-electron chi connectivity index (χ0n) is 17.1. The minimum atomic E-state index is -0.262. The van der Waals surface area contributed by atoms with E-state index >= 15 is 0 Å². The summed E-state index contributed by atoms with van der Waals surface area (Å²) in [6.07, 6.45) is 5.64. The molecule has 0 unspecified atom stereocenters. The SMILES string of the molecule is CN(c1ccc(Oc2nc3cnccc3c(=O)[nH]2)cc1)c1cccc(OCC2CC2)c1. The molecule has 156 valence electrons. The number of nitrogens with one attached hydrogen (secondary N) is 1. The highest BCUT2D eigenvalue weighted by Gasteiger charge is 2.22. The van der Waals surface area contributed by atoms with E-state index in [0.717, 1.165) is 29.6 Å². The number of hydrogen-bond donors (Lipinski definition) is 1. The van der Waals surface area contributed by atoms with Crippen LogP contribution in [0.5, 0.6) is 17.5 Å². The van der Waals surface area contributed by atoms with Gasteiger partial charge in [-0.2, -0.15) is 4.98 Å². The van der Waals surface area contributed by atoms with Gasteiger partial charge in [0.2, 0.25) is 0 Å². The Bertz CT molecular complexity index is 1270. The number of H-pyrrole nitrogens is 1. The first kappa shape index (κ1) is 19.1. The summed E-state index contributed by atoms with van der Waals surface area (Å²) < 4.78 is 11.6. The predicted octanol–water partition coefficient (Wildman–Crippen LogP) is 4.67. The molecule has 0 atom stereocenters. The van der Waals surface area contributed by atoms with Crippen LogP contribution in [0.4, 0.5) is 11.4 Å². The molecule has 2 heterocycles. The molecule has 1 N–H and O–H groups in total. The Morgan fingerprint density at radius 2 is 1.90 bits per heavy atom. The smallest absolute Gasteiger partial charge is 0.302 e. The summed E-state index contributed by atoms with van der Waals surface area (Å²) in [5, 5.41) is 0.475. The van der Waals surface area contributed by atoms with Gasteiger partial charge in [-0.1, -0.05) is 6.07 Å². The first-order chi connectivity index (χ1) is 15.2. The lowest BCUT2D eigenvalue weighted by Crippen LogP contribution is -2.10. The number of pyridine rings is 1. The molecule has 0 radical (unpaired) electrons. The number of aromatic amines is 1. The van der Waals surface area contributed by atoms with Crippen molar-refractivity contribution >= 4 is 22.3 Å². The lowest BCUT2D eigenvalue weighted by Gasteiger charge is -2.20. The molecule has 0 amide bonds. The Morgan fingerprint density at radius 3 is 2.71 bits per heavy atom. The Hall–Kier alpha value is -3.87. The second-order valence-corrected chi connectivity index (χ2v) is 7.67. The van der Waals surface area contributed by atoms with Gasteiger partial charge in [-0.05, 0) is 61.2 Å². The van der Waals surface area contributed by atoms with E-state index in [4.69, 9.17) is 9.47 Å². The molecule has 7 heteroatoms. The number of anilines is 2. The van der Waals surface area contributed by atoms with E-state index in [9.17, 15) is 4.79 Å². The van der Waals surface area contributed by atoms with Crippen molar-refractivity contribution in [3.63, 3.8) is 0 Å². The van der Waals surface area contributed by atoms with Crippen molar-refractivity contribution < 1.29 is 9.47 Å². The maximum atomic E-state index is 12.2. The molecule has 2 aromatic carbocycles. The number of aromatic nitrogens is 3.